The summed E-state index contributed by atoms with van der Waals surface area (Å²) in [4.78, 5) is 27.2. The fourth-order valence-electron chi connectivity index (χ4n) is 3.13. The van der Waals surface area contributed by atoms with E-state index < -0.39 is 0 Å². The standard InChI is InChI=1S/C24H22Cl2N2O2/c1-17-8-5-6-11-20(17)23(29)27-14-7-15-28(19-9-3-2-4-10-19)24(30)21-13-12-18(25)16-22(21)26/h2-6,8-13,16H,7,14-15H2,1H3,(H,27,29). The Bertz CT molecular complexity index is 1040. The molecule has 0 unspecified atom stereocenters. The summed E-state index contributed by atoms with van der Waals surface area (Å²) < 4.78 is 0. The lowest BCUT2D eigenvalue weighted by atomic mass is 10.1. The molecule has 0 saturated carbocycles. The van der Waals surface area contributed by atoms with Crippen LogP contribution >= 0.6 is 23.2 Å². The molecule has 0 heterocycles. The zero-order valence-corrected chi connectivity index (χ0v) is 18.1. The molecule has 4 nitrogen and oxygen atoms in total. The van der Waals surface area contributed by atoms with Crippen LogP contribution in [0.5, 0.6) is 0 Å². The van der Waals surface area contributed by atoms with E-state index in [2.05, 4.69) is 5.32 Å². The van der Waals surface area contributed by atoms with E-state index >= 15 is 0 Å². The number of anilines is 1. The maximum Gasteiger partial charge on any atom is 0.259 e. The van der Waals surface area contributed by atoms with Gasteiger partial charge in [-0.3, -0.25) is 9.59 Å². The molecule has 0 saturated heterocycles. The summed E-state index contributed by atoms with van der Waals surface area (Å²) in [6, 6.07) is 21.7. The van der Waals surface area contributed by atoms with E-state index in [1.54, 1.807) is 29.2 Å². The Balaban J connectivity index is 1.69. The molecule has 3 rings (SSSR count). The van der Waals surface area contributed by atoms with Crippen molar-refractivity contribution in [2.24, 2.45) is 0 Å². The van der Waals surface area contributed by atoms with Gasteiger partial charge in [-0.15, -0.1) is 0 Å². The molecular formula is C24H22Cl2N2O2. The molecule has 0 aliphatic heterocycles. The number of para-hydroxylation sites is 1. The Morgan fingerprint density at radius 3 is 2.30 bits per heavy atom. The minimum Gasteiger partial charge on any atom is -0.352 e. The van der Waals surface area contributed by atoms with Gasteiger partial charge >= 0.3 is 0 Å². The van der Waals surface area contributed by atoms with Crippen LogP contribution in [0.2, 0.25) is 10.0 Å². The second-order valence-electron chi connectivity index (χ2n) is 6.84. The molecule has 1 N–H and O–H groups in total. The molecule has 0 atom stereocenters. The minimum atomic E-state index is -0.215. The minimum absolute atomic E-state index is 0.119. The van der Waals surface area contributed by atoms with Crippen LogP contribution in [0, 0.1) is 6.92 Å². The number of amides is 2. The normalized spacial score (nSPS) is 10.5. The third-order valence-corrected chi connectivity index (χ3v) is 5.26. The second kappa shape index (κ2) is 10.3. The van der Waals surface area contributed by atoms with Gasteiger partial charge in [-0.05, 0) is 55.3 Å². The average molecular weight is 441 g/mol. The lowest BCUT2D eigenvalue weighted by Crippen LogP contribution is -2.34. The van der Waals surface area contributed by atoms with Crippen molar-refractivity contribution in [2.45, 2.75) is 13.3 Å². The molecule has 3 aromatic carbocycles. The predicted octanol–water partition coefficient (Wildman–Crippen LogP) is 5.77. The maximum atomic E-state index is 13.2. The molecule has 0 aliphatic rings. The highest BCUT2D eigenvalue weighted by Crippen LogP contribution is 2.25. The zero-order chi connectivity index (χ0) is 21.5. The van der Waals surface area contributed by atoms with Crippen molar-refractivity contribution in [3.05, 3.63) is 99.5 Å². The largest absolute Gasteiger partial charge is 0.352 e. The second-order valence-corrected chi connectivity index (χ2v) is 7.68. The summed E-state index contributed by atoms with van der Waals surface area (Å²) >= 11 is 12.2. The van der Waals surface area contributed by atoms with Crippen LogP contribution in [0.3, 0.4) is 0 Å². The third-order valence-electron chi connectivity index (χ3n) is 4.71. The van der Waals surface area contributed by atoms with Crippen LogP contribution < -0.4 is 10.2 Å². The van der Waals surface area contributed by atoms with Crippen LogP contribution in [0.25, 0.3) is 0 Å². The molecule has 0 aromatic heterocycles. The van der Waals surface area contributed by atoms with E-state index in [4.69, 9.17) is 23.2 Å². The number of aryl methyl sites for hydroxylation is 1. The fourth-order valence-corrected chi connectivity index (χ4v) is 3.62. The van der Waals surface area contributed by atoms with Crippen LogP contribution in [-0.2, 0) is 0 Å². The van der Waals surface area contributed by atoms with Crippen molar-refractivity contribution in [3.8, 4) is 0 Å². The number of hydrogen-bond acceptors (Lipinski definition) is 2. The van der Waals surface area contributed by atoms with E-state index in [0.29, 0.717) is 40.7 Å². The summed E-state index contributed by atoms with van der Waals surface area (Å²) in [7, 11) is 0. The number of benzene rings is 3. The van der Waals surface area contributed by atoms with E-state index in [0.717, 1.165) is 11.3 Å². The topological polar surface area (TPSA) is 49.4 Å². The lowest BCUT2D eigenvalue weighted by Gasteiger charge is -2.23. The van der Waals surface area contributed by atoms with E-state index in [9.17, 15) is 9.59 Å². The van der Waals surface area contributed by atoms with Crippen LogP contribution in [0.1, 0.15) is 32.7 Å². The number of nitrogens with zero attached hydrogens (tertiary/aromatic N) is 1. The first-order chi connectivity index (χ1) is 14.5. The molecule has 2 amide bonds. The summed E-state index contributed by atoms with van der Waals surface area (Å²) in [6.45, 7) is 2.77. The van der Waals surface area contributed by atoms with Gasteiger partial charge in [0.05, 0.1) is 10.6 Å². The molecule has 6 heteroatoms. The molecule has 0 radical (unpaired) electrons. The molecule has 154 valence electrons. The van der Waals surface area contributed by atoms with Gasteiger partial charge in [0, 0.05) is 29.4 Å². The highest BCUT2D eigenvalue weighted by Gasteiger charge is 2.20. The molecule has 3 aromatic rings. The summed E-state index contributed by atoms with van der Waals surface area (Å²) in [5.74, 6) is -0.334. The van der Waals surface area contributed by atoms with E-state index in [-0.39, 0.29) is 11.8 Å². The first kappa shape index (κ1) is 21.9. The summed E-state index contributed by atoms with van der Waals surface area (Å²) in [6.07, 6.45) is 0.587. The van der Waals surface area contributed by atoms with Gasteiger partial charge < -0.3 is 10.2 Å². The number of hydrogen-bond donors (Lipinski definition) is 1. The van der Waals surface area contributed by atoms with Gasteiger partial charge in [0.1, 0.15) is 0 Å². The molecule has 30 heavy (non-hydrogen) atoms. The maximum absolute atomic E-state index is 13.2. The number of carbonyl (C=O) groups excluding carboxylic acids is 2. The van der Waals surface area contributed by atoms with Crippen molar-refractivity contribution < 1.29 is 9.59 Å². The SMILES string of the molecule is Cc1ccccc1C(=O)NCCCN(C(=O)c1ccc(Cl)cc1Cl)c1ccccc1. The van der Waals surface area contributed by atoms with Gasteiger partial charge in [-0.2, -0.15) is 0 Å². The Hall–Kier alpha value is -2.82. The van der Waals surface area contributed by atoms with E-state index in [1.807, 2.05) is 55.5 Å². The Morgan fingerprint density at radius 2 is 1.60 bits per heavy atom. The van der Waals surface area contributed by atoms with Crippen LogP contribution in [-0.4, -0.2) is 24.9 Å². The van der Waals surface area contributed by atoms with Gasteiger partial charge in [0.25, 0.3) is 11.8 Å². The van der Waals surface area contributed by atoms with Gasteiger partial charge in [0.2, 0.25) is 0 Å². The molecule has 0 aliphatic carbocycles. The summed E-state index contributed by atoms with van der Waals surface area (Å²) in [5, 5.41) is 3.70. The quantitative estimate of drug-likeness (QED) is 0.474. The van der Waals surface area contributed by atoms with Crippen molar-refractivity contribution in [1.82, 2.24) is 5.32 Å². The van der Waals surface area contributed by atoms with E-state index in [1.165, 1.54) is 0 Å². The first-order valence-electron chi connectivity index (χ1n) is 9.63. The molecule has 0 spiro atoms. The fraction of sp³-hybridized carbons (Fsp3) is 0.167. The number of halogens is 2. The van der Waals surface area contributed by atoms with Crippen LogP contribution in [0.15, 0.2) is 72.8 Å². The Kier molecular flexibility index (Phi) is 7.50. The molecule has 0 bridgehead atoms. The smallest absolute Gasteiger partial charge is 0.259 e. The molecular weight excluding hydrogens is 419 g/mol. The van der Waals surface area contributed by atoms with Gasteiger partial charge in [0.15, 0.2) is 0 Å². The first-order valence-corrected chi connectivity index (χ1v) is 10.4. The van der Waals surface area contributed by atoms with Crippen molar-refractivity contribution in [3.63, 3.8) is 0 Å². The monoisotopic (exact) mass is 440 g/mol. The van der Waals surface area contributed by atoms with Crippen LogP contribution in [0.4, 0.5) is 5.69 Å². The number of carbonyl (C=O) groups is 2. The summed E-state index contributed by atoms with van der Waals surface area (Å²) in [5.41, 5.74) is 2.72. The zero-order valence-electron chi connectivity index (χ0n) is 16.6. The lowest BCUT2D eigenvalue weighted by molar-refractivity contribution is 0.0953. The predicted molar refractivity (Wildman–Crippen MR) is 123 cm³/mol. The Morgan fingerprint density at radius 1 is 0.900 bits per heavy atom. The van der Waals surface area contributed by atoms with Crippen molar-refractivity contribution >= 4 is 40.7 Å². The number of rotatable bonds is 7. The molecule has 0 fully saturated rings. The number of nitrogens with one attached hydrogen (secondary N) is 1. The van der Waals surface area contributed by atoms with Crippen molar-refractivity contribution in [1.29, 1.82) is 0 Å². The average Bonchev–Trinajstić information content (AvgIpc) is 2.74. The Labute approximate surface area is 186 Å². The highest BCUT2D eigenvalue weighted by atomic mass is 35.5. The van der Waals surface area contributed by atoms with Gasteiger partial charge in [-0.25, -0.2) is 0 Å². The highest BCUT2D eigenvalue weighted by molar-refractivity contribution is 6.37. The third kappa shape index (κ3) is 5.41. The van der Waals surface area contributed by atoms with Gasteiger partial charge in [-0.1, -0.05) is 59.6 Å². The van der Waals surface area contributed by atoms with Crippen molar-refractivity contribution in [2.75, 3.05) is 18.0 Å².